The van der Waals surface area contributed by atoms with Gasteiger partial charge in [-0.3, -0.25) is 9.59 Å². The Hall–Kier alpha value is -3.51. The summed E-state index contributed by atoms with van der Waals surface area (Å²) in [4.78, 5) is 25.5. The normalized spacial score (nSPS) is 16.2. The zero-order valence-electron chi connectivity index (χ0n) is 18.8. The van der Waals surface area contributed by atoms with Crippen molar-refractivity contribution in [3.05, 3.63) is 76.1 Å². The van der Waals surface area contributed by atoms with Crippen molar-refractivity contribution < 1.29 is 18.4 Å². The third-order valence-electron chi connectivity index (χ3n) is 4.70. The van der Waals surface area contributed by atoms with Gasteiger partial charge in [-0.1, -0.05) is 23.9 Å². The first kappa shape index (κ1) is 24.1. The average Bonchev–Trinajstić information content (AvgIpc) is 3.26. The Morgan fingerprint density at radius 2 is 1.97 bits per heavy atom. The van der Waals surface area contributed by atoms with Gasteiger partial charge in [0.25, 0.3) is 5.91 Å². The molecule has 1 aliphatic rings. The Bertz CT molecular complexity index is 1160. The van der Waals surface area contributed by atoms with E-state index in [-0.39, 0.29) is 34.0 Å². The molecule has 1 atom stereocenters. The molecular formula is C24H25FN4O3S. The fraction of sp³-hybridized carbons (Fsp3) is 0.292. The van der Waals surface area contributed by atoms with Gasteiger partial charge < -0.3 is 20.4 Å². The van der Waals surface area contributed by atoms with Gasteiger partial charge in [0.05, 0.1) is 45.9 Å². The smallest absolute Gasteiger partial charge is 0.254 e. The molecule has 0 unspecified atom stereocenters. The van der Waals surface area contributed by atoms with Gasteiger partial charge >= 0.3 is 0 Å². The Kier molecular flexibility index (Phi) is 7.29. The van der Waals surface area contributed by atoms with Gasteiger partial charge in [0, 0.05) is 11.2 Å². The summed E-state index contributed by atoms with van der Waals surface area (Å²) < 4.78 is 19.7. The highest BCUT2D eigenvalue weighted by Crippen LogP contribution is 2.41. The molecule has 2 heterocycles. The second kappa shape index (κ2) is 9.96. The van der Waals surface area contributed by atoms with Crippen LogP contribution in [-0.4, -0.2) is 23.1 Å². The summed E-state index contributed by atoms with van der Waals surface area (Å²) in [5.74, 6) is -1.65. The lowest BCUT2D eigenvalue weighted by Crippen LogP contribution is -2.41. The molecular weight excluding hydrogens is 443 g/mol. The lowest BCUT2D eigenvalue weighted by molar-refractivity contribution is -0.120. The summed E-state index contributed by atoms with van der Waals surface area (Å²) in [6.45, 7) is 7.34. The molecule has 0 aliphatic carbocycles. The topological polar surface area (TPSA) is 107 Å². The van der Waals surface area contributed by atoms with E-state index in [1.807, 2.05) is 20.8 Å². The van der Waals surface area contributed by atoms with E-state index >= 15 is 0 Å². The van der Waals surface area contributed by atoms with Crippen molar-refractivity contribution in [1.82, 2.24) is 10.6 Å². The number of thioether (sulfide) groups is 1. The van der Waals surface area contributed by atoms with E-state index in [1.165, 1.54) is 36.2 Å². The fourth-order valence-corrected chi connectivity index (χ4v) is 4.30. The monoisotopic (exact) mass is 468 g/mol. The molecule has 7 nitrogen and oxygen atoms in total. The number of rotatable bonds is 6. The predicted octanol–water partition coefficient (Wildman–Crippen LogP) is 4.40. The number of carbonyl (C=O) groups is 2. The van der Waals surface area contributed by atoms with Gasteiger partial charge in [0.2, 0.25) is 5.91 Å². The molecule has 1 aromatic heterocycles. The van der Waals surface area contributed by atoms with Crippen molar-refractivity contribution in [1.29, 1.82) is 5.26 Å². The Morgan fingerprint density at radius 1 is 1.24 bits per heavy atom. The van der Waals surface area contributed by atoms with Crippen LogP contribution in [0, 0.1) is 17.1 Å². The Balaban J connectivity index is 1.93. The van der Waals surface area contributed by atoms with Crippen LogP contribution in [0.1, 0.15) is 39.4 Å². The quantitative estimate of drug-likeness (QED) is 0.580. The molecule has 172 valence electrons. The first-order valence-electron chi connectivity index (χ1n) is 10.3. The van der Waals surface area contributed by atoms with E-state index in [1.54, 1.807) is 25.1 Å². The fourth-order valence-electron chi connectivity index (χ4n) is 3.41. The van der Waals surface area contributed by atoms with Crippen LogP contribution in [0.4, 0.5) is 10.1 Å². The minimum Gasteiger partial charge on any atom is -0.468 e. The lowest BCUT2D eigenvalue weighted by atomic mass is 9.85. The molecule has 0 radical (unpaired) electrons. The third-order valence-corrected chi connectivity index (χ3v) is 5.72. The Morgan fingerprint density at radius 3 is 2.58 bits per heavy atom. The molecule has 0 saturated heterocycles. The molecule has 3 rings (SSSR count). The maximum Gasteiger partial charge on any atom is 0.254 e. The van der Waals surface area contributed by atoms with E-state index in [2.05, 4.69) is 22.0 Å². The van der Waals surface area contributed by atoms with E-state index in [0.717, 1.165) is 0 Å². The van der Waals surface area contributed by atoms with E-state index in [0.29, 0.717) is 16.5 Å². The zero-order valence-corrected chi connectivity index (χ0v) is 19.6. The number of amides is 2. The van der Waals surface area contributed by atoms with E-state index in [9.17, 15) is 19.2 Å². The number of nitriles is 1. The van der Waals surface area contributed by atoms with Crippen LogP contribution in [0.2, 0.25) is 0 Å². The van der Waals surface area contributed by atoms with Gasteiger partial charge in [-0.25, -0.2) is 4.39 Å². The van der Waals surface area contributed by atoms with Crippen molar-refractivity contribution in [2.45, 2.75) is 39.2 Å². The number of allylic oxidation sites excluding steroid dienone is 2. The number of para-hydroxylation sites is 1. The number of hydrogen-bond acceptors (Lipinski definition) is 6. The standard InChI is InChI=1S/C24H25FN4O3S/c1-14-20(22(31)28-17-9-6-5-8-16(17)25)21(18-10-7-11-32-18)15(12-26)23(27-14)33-13-19(30)29-24(2,3)4/h5-11,21,27H,13H2,1-4H3,(H,28,31)(H,29,30)/t21-/m0/s1. The number of furan rings is 1. The van der Waals surface area contributed by atoms with Crippen molar-refractivity contribution in [2.24, 2.45) is 0 Å². The van der Waals surface area contributed by atoms with Gasteiger partial charge in [0.1, 0.15) is 11.6 Å². The third kappa shape index (κ3) is 5.84. The van der Waals surface area contributed by atoms with Crippen LogP contribution in [0.3, 0.4) is 0 Å². The number of hydrogen-bond donors (Lipinski definition) is 3. The van der Waals surface area contributed by atoms with Gasteiger partial charge in [-0.15, -0.1) is 0 Å². The van der Waals surface area contributed by atoms with Crippen LogP contribution >= 0.6 is 11.8 Å². The molecule has 1 aliphatic heterocycles. The van der Waals surface area contributed by atoms with E-state index < -0.39 is 17.6 Å². The highest BCUT2D eigenvalue weighted by atomic mass is 32.2. The Labute approximate surface area is 196 Å². The van der Waals surface area contributed by atoms with Crippen molar-refractivity contribution >= 4 is 29.3 Å². The molecule has 33 heavy (non-hydrogen) atoms. The first-order chi connectivity index (χ1) is 15.6. The van der Waals surface area contributed by atoms with E-state index in [4.69, 9.17) is 4.42 Å². The average molecular weight is 469 g/mol. The summed E-state index contributed by atoms with van der Waals surface area (Å²) in [6, 6.07) is 11.3. The molecule has 2 aromatic rings. The van der Waals surface area contributed by atoms with Crippen molar-refractivity contribution in [2.75, 3.05) is 11.1 Å². The predicted molar refractivity (Wildman–Crippen MR) is 125 cm³/mol. The summed E-state index contributed by atoms with van der Waals surface area (Å²) >= 11 is 1.17. The molecule has 0 fully saturated rings. The van der Waals surface area contributed by atoms with Crippen molar-refractivity contribution in [3.8, 4) is 6.07 Å². The molecule has 3 N–H and O–H groups in total. The highest BCUT2D eigenvalue weighted by molar-refractivity contribution is 8.03. The minimum absolute atomic E-state index is 0.0301. The second-order valence-electron chi connectivity index (χ2n) is 8.49. The molecule has 0 spiro atoms. The van der Waals surface area contributed by atoms with Gasteiger partial charge in [0.15, 0.2) is 0 Å². The number of halogens is 1. The summed E-state index contributed by atoms with van der Waals surface area (Å²) in [5.41, 5.74) is 0.593. The van der Waals surface area contributed by atoms with Gasteiger partial charge in [-0.2, -0.15) is 5.26 Å². The van der Waals surface area contributed by atoms with Crippen molar-refractivity contribution in [3.63, 3.8) is 0 Å². The second-order valence-corrected chi connectivity index (χ2v) is 9.47. The SMILES string of the molecule is CC1=C(C(=O)Nc2ccccc2F)[C@H](c2ccco2)C(C#N)=C(SCC(=O)NC(C)(C)C)N1. The molecule has 0 bridgehead atoms. The molecule has 2 amide bonds. The molecule has 0 saturated carbocycles. The van der Waals surface area contributed by atoms with Crippen LogP contribution in [0.15, 0.2) is 69.0 Å². The van der Waals surface area contributed by atoms with Crippen LogP contribution in [0.5, 0.6) is 0 Å². The summed E-state index contributed by atoms with van der Waals surface area (Å²) in [5, 5.41) is 19.0. The number of anilines is 1. The number of nitrogens with one attached hydrogen (secondary N) is 3. The lowest BCUT2D eigenvalue weighted by Gasteiger charge is -2.28. The first-order valence-corrected chi connectivity index (χ1v) is 11.2. The maximum absolute atomic E-state index is 14.1. The summed E-state index contributed by atoms with van der Waals surface area (Å²) in [7, 11) is 0. The highest BCUT2D eigenvalue weighted by Gasteiger charge is 2.36. The largest absolute Gasteiger partial charge is 0.468 e. The number of carbonyl (C=O) groups excluding carboxylic acids is 2. The number of benzene rings is 1. The summed E-state index contributed by atoms with van der Waals surface area (Å²) in [6.07, 6.45) is 1.46. The maximum atomic E-state index is 14.1. The molecule has 1 aromatic carbocycles. The zero-order chi connectivity index (χ0) is 24.2. The minimum atomic E-state index is -0.814. The van der Waals surface area contributed by atoms with Crippen LogP contribution in [-0.2, 0) is 9.59 Å². The number of nitrogens with zero attached hydrogens (tertiary/aromatic N) is 1. The van der Waals surface area contributed by atoms with Crippen LogP contribution in [0.25, 0.3) is 0 Å². The molecule has 9 heteroatoms. The van der Waals surface area contributed by atoms with Gasteiger partial charge in [-0.05, 0) is 52.0 Å². The number of dihydropyridines is 1. The van der Waals surface area contributed by atoms with Crippen LogP contribution < -0.4 is 16.0 Å².